The molecule has 1 aromatic heterocycles. The van der Waals surface area contributed by atoms with Gasteiger partial charge < -0.3 is 30.0 Å². The van der Waals surface area contributed by atoms with E-state index in [0.717, 1.165) is 53.5 Å². The number of rotatable bonds is 15. The zero-order chi connectivity index (χ0) is 38.3. The van der Waals surface area contributed by atoms with Gasteiger partial charge in [-0.15, -0.1) is 0 Å². The lowest BCUT2D eigenvalue weighted by Gasteiger charge is -2.37. The SMILES string of the molecule is O=C(NCc1ccccc1)OCC1(O)CCC(NC(c2cccc3c2CN(c2ccc(OCc4ccccc4)nc2OCc2ccccc2)C3=O)C2CC2)CC1. The van der Waals surface area contributed by atoms with Crippen molar-refractivity contribution in [1.29, 1.82) is 0 Å². The lowest BCUT2D eigenvalue weighted by Crippen LogP contribution is -2.46. The van der Waals surface area contributed by atoms with E-state index in [0.29, 0.717) is 68.1 Å². The highest BCUT2D eigenvalue weighted by Crippen LogP contribution is 2.46. The van der Waals surface area contributed by atoms with Crippen molar-refractivity contribution in [3.63, 3.8) is 0 Å². The molecule has 8 rings (SSSR count). The van der Waals surface area contributed by atoms with Crippen molar-refractivity contribution in [2.24, 2.45) is 5.92 Å². The molecule has 3 aliphatic rings. The minimum atomic E-state index is -1.06. The van der Waals surface area contributed by atoms with Crippen LogP contribution in [-0.4, -0.2) is 40.3 Å². The van der Waals surface area contributed by atoms with Crippen LogP contribution < -0.4 is 25.0 Å². The van der Waals surface area contributed by atoms with Gasteiger partial charge in [-0.3, -0.25) is 9.69 Å². The molecule has 4 aromatic carbocycles. The maximum absolute atomic E-state index is 14.2. The Kier molecular flexibility index (Phi) is 11.3. The van der Waals surface area contributed by atoms with Crippen LogP contribution in [0.15, 0.2) is 121 Å². The molecule has 1 atom stereocenters. The predicted molar refractivity (Wildman–Crippen MR) is 213 cm³/mol. The van der Waals surface area contributed by atoms with Crippen molar-refractivity contribution in [1.82, 2.24) is 15.6 Å². The van der Waals surface area contributed by atoms with Gasteiger partial charge >= 0.3 is 6.09 Å². The zero-order valence-corrected chi connectivity index (χ0v) is 31.4. The monoisotopic (exact) mass is 752 g/mol. The molecule has 10 heteroatoms. The summed E-state index contributed by atoms with van der Waals surface area (Å²) < 4.78 is 17.8. The minimum Gasteiger partial charge on any atom is -0.473 e. The van der Waals surface area contributed by atoms with Crippen molar-refractivity contribution in [3.05, 3.63) is 155 Å². The van der Waals surface area contributed by atoms with E-state index < -0.39 is 11.7 Å². The molecular weight excluding hydrogens is 705 g/mol. The number of carbonyl (C=O) groups excluding carboxylic acids is 2. The molecule has 2 heterocycles. The number of benzene rings is 4. The number of hydrogen-bond donors (Lipinski definition) is 3. The normalized spacial score (nSPS) is 19.6. The Hall–Kier alpha value is -5.71. The summed E-state index contributed by atoms with van der Waals surface area (Å²) in [4.78, 5) is 33.1. The quantitative estimate of drug-likeness (QED) is 0.0983. The first-order valence-corrected chi connectivity index (χ1v) is 19.6. The molecule has 0 bridgehead atoms. The number of aromatic nitrogens is 1. The Morgan fingerprint density at radius 2 is 1.43 bits per heavy atom. The van der Waals surface area contributed by atoms with Crippen LogP contribution in [-0.2, 0) is 31.0 Å². The number of alkyl carbamates (subject to hydrolysis) is 1. The van der Waals surface area contributed by atoms with Crippen LogP contribution in [0.4, 0.5) is 10.5 Å². The number of nitrogens with one attached hydrogen (secondary N) is 2. The number of amides is 2. The topological polar surface area (TPSA) is 122 Å². The Labute approximate surface area is 327 Å². The molecule has 1 unspecified atom stereocenters. The van der Waals surface area contributed by atoms with Gasteiger partial charge in [0, 0.05) is 30.3 Å². The Balaban J connectivity index is 0.937. The summed E-state index contributed by atoms with van der Waals surface area (Å²) in [6, 6.07) is 39.4. The van der Waals surface area contributed by atoms with E-state index in [9.17, 15) is 14.7 Å². The van der Waals surface area contributed by atoms with Gasteiger partial charge in [-0.05, 0) is 84.4 Å². The third-order valence-electron chi connectivity index (χ3n) is 11.1. The number of fused-ring (bicyclic) bond motifs is 1. The highest BCUT2D eigenvalue weighted by molar-refractivity contribution is 6.10. The Bertz CT molecular complexity index is 2100. The average Bonchev–Trinajstić information content (AvgIpc) is 4.04. The first-order chi connectivity index (χ1) is 27.4. The third-order valence-corrected chi connectivity index (χ3v) is 11.1. The molecule has 2 saturated carbocycles. The summed E-state index contributed by atoms with van der Waals surface area (Å²) in [5.74, 6) is 1.14. The van der Waals surface area contributed by atoms with Crippen molar-refractivity contribution in [2.75, 3.05) is 11.5 Å². The molecule has 2 aliphatic carbocycles. The van der Waals surface area contributed by atoms with E-state index in [1.54, 1.807) is 11.0 Å². The van der Waals surface area contributed by atoms with E-state index >= 15 is 0 Å². The van der Waals surface area contributed by atoms with E-state index in [1.807, 2.05) is 109 Å². The van der Waals surface area contributed by atoms with Gasteiger partial charge in [0.15, 0.2) is 0 Å². The van der Waals surface area contributed by atoms with Gasteiger partial charge in [-0.1, -0.05) is 103 Å². The summed E-state index contributed by atoms with van der Waals surface area (Å²) >= 11 is 0. The maximum atomic E-state index is 14.2. The highest BCUT2D eigenvalue weighted by atomic mass is 16.6. The number of nitrogens with zero attached hydrogens (tertiary/aromatic N) is 2. The molecule has 56 heavy (non-hydrogen) atoms. The highest BCUT2D eigenvalue weighted by Gasteiger charge is 2.41. The molecule has 3 N–H and O–H groups in total. The first-order valence-electron chi connectivity index (χ1n) is 19.6. The summed E-state index contributed by atoms with van der Waals surface area (Å²) in [7, 11) is 0. The average molecular weight is 753 g/mol. The van der Waals surface area contributed by atoms with Gasteiger partial charge in [0.05, 0.1) is 12.1 Å². The maximum Gasteiger partial charge on any atom is 0.407 e. The number of carbonyl (C=O) groups is 2. The largest absolute Gasteiger partial charge is 0.473 e. The van der Waals surface area contributed by atoms with Crippen LogP contribution >= 0.6 is 0 Å². The van der Waals surface area contributed by atoms with Crippen LogP contribution in [0.25, 0.3) is 0 Å². The minimum absolute atomic E-state index is 0.0391. The molecule has 0 saturated heterocycles. The fourth-order valence-electron chi connectivity index (χ4n) is 7.76. The second kappa shape index (κ2) is 17.0. The Morgan fingerprint density at radius 1 is 0.786 bits per heavy atom. The van der Waals surface area contributed by atoms with Gasteiger partial charge in [0.25, 0.3) is 5.91 Å². The fraction of sp³-hybridized carbons (Fsp3) is 0.326. The van der Waals surface area contributed by atoms with E-state index in [2.05, 4.69) is 16.7 Å². The molecule has 1 aliphatic heterocycles. The standard InChI is InChI=1S/C46H48N4O6/c51-44-38-18-10-17-37(42(35-19-20-35)48-36-23-25-46(53,26-24-36)31-56-45(52)47-27-32-11-4-1-5-12-32)39(38)28-50(44)40-21-22-41(54-29-33-13-6-2-7-14-33)49-43(40)55-30-34-15-8-3-9-16-34/h1-18,21-22,35-36,42,48,53H,19-20,23-31H2,(H,47,52). The molecular formula is C46H48N4O6. The van der Waals surface area contributed by atoms with Crippen LogP contribution in [0.3, 0.4) is 0 Å². The summed E-state index contributed by atoms with van der Waals surface area (Å²) in [5, 5.41) is 18.0. The van der Waals surface area contributed by atoms with E-state index in [4.69, 9.17) is 19.2 Å². The fourth-order valence-corrected chi connectivity index (χ4v) is 7.76. The second-order valence-corrected chi connectivity index (χ2v) is 15.2. The number of ether oxygens (including phenoxy) is 3. The molecule has 0 radical (unpaired) electrons. The molecule has 0 spiro atoms. The lowest BCUT2D eigenvalue weighted by atomic mass is 9.82. The van der Waals surface area contributed by atoms with Crippen molar-refractivity contribution < 1.29 is 28.9 Å². The van der Waals surface area contributed by atoms with Crippen LogP contribution in [0.1, 0.15) is 82.7 Å². The lowest BCUT2D eigenvalue weighted by molar-refractivity contribution is -0.0526. The van der Waals surface area contributed by atoms with Gasteiger partial charge in [0.1, 0.15) is 25.5 Å². The smallest absolute Gasteiger partial charge is 0.407 e. The van der Waals surface area contributed by atoms with Gasteiger partial charge in [0.2, 0.25) is 11.8 Å². The molecule has 5 aromatic rings. The summed E-state index contributed by atoms with van der Waals surface area (Å²) in [6.45, 7) is 1.38. The molecule has 10 nitrogen and oxygen atoms in total. The van der Waals surface area contributed by atoms with Crippen LogP contribution in [0.2, 0.25) is 0 Å². The Morgan fingerprint density at radius 3 is 2.09 bits per heavy atom. The zero-order valence-electron chi connectivity index (χ0n) is 31.4. The number of anilines is 1. The first kappa shape index (κ1) is 37.2. The third kappa shape index (κ3) is 9.04. The van der Waals surface area contributed by atoms with E-state index in [1.165, 1.54) is 0 Å². The van der Waals surface area contributed by atoms with E-state index in [-0.39, 0.29) is 24.6 Å². The number of aliphatic hydroxyl groups is 1. The van der Waals surface area contributed by atoms with Gasteiger partial charge in [-0.2, -0.15) is 4.98 Å². The summed E-state index contributed by atoms with van der Waals surface area (Å²) in [5.41, 5.74) is 5.38. The van der Waals surface area contributed by atoms with Crippen molar-refractivity contribution in [3.8, 4) is 11.8 Å². The number of pyridine rings is 1. The summed E-state index contributed by atoms with van der Waals surface area (Å²) in [6.07, 6.45) is 4.26. The van der Waals surface area contributed by atoms with Crippen LogP contribution in [0, 0.1) is 5.92 Å². The van der Waals surface area contributed by atoms with Crippen LogP contribution in [0.5, 0.6) is 11.8 Å². The predicted octanol–water partition coefficient (Wildman–Crippen LogP) is 8.04. The molecule has 2 amide bonds. The van der Waals surface area contributed by atoms with Crippen molar-refractivity contribution in [2.45, 2.75) is 82.5 Å². The second-order valence-electron chi connectivity index (χ2n) is 15.2. The molecule has 2 fully saturated rings. The molecule has 288 valence electrons. The van der Waals surface area contributed by atoms with Gasteiger partial charge in [-0.25, -0.2) is 4.79 Å². The van der Waals surface area contributed by atoms with Crippen molar-refractivity contribution >= 4 is 17.7 Å². The number of hydrogen-bond acceptors (Lipinski definition) is 8.